The first kappa shape index (κ1) is 21.8. The number of aromatic nitrogens is 2. The van der Waals surface area contributed by atoms with Crippen molar-refractivity contribution in [3.8, 4) is 0 Å². The van der Waals surface area contributed by atoms with E-state index in [9.17, 15) is 35.2 Å². The maximum Gasteiger partial charge on any atom is 0.416 e. The number of alkyl halides is 5. The number of benzene rings is 1. The molecule has 0 aliphatic rings. The number of imidazole rings is 1. The summed E-state index contributed by atoms with van der Waals surface area (Å²) >= 11 is 0. The van der Waals surface area contributed by atoms with Crippen LogP contribution in [0.25, 0.3) is 0 Å². The molecule has 0 saturated carbocycles. The van der Waals surface area contributed by atoms with Gasteiger partial charge in [-0.05, 0) is 18.2 Å². The number of amides is 1. The van der Waals surface area contributed by atoms with E-state index in [0.29, 0.717) is 10.6 Å². The Morgan fingerprint density at radius 3 is 2.61 bits per heavy atom. The lowest BCUT2D eigenvalue weighted by molar-refractivity contribution is -0.137. The molecule has 1 aromatic carbocycles. The predicted molar refractivity (Wildman–Crippen MR) is 86.8 cm³/mol. The van der Waals surface area contributed by atoms with Gasteiger partial charge in [0.05, 0.1) is 17.0 Å². The first-order valence-electron chi connectivity index (χ1n) is 7.74. The van der Waals surface area contributed by atoms with Crippen LogP contribution >= 0.6 is 0 Å². The van der Waals surface area contributed by atoms with Crippen LogP contribution in [0.3, 0.4) is 0 Å². The molecule has 0 fully saturated rings. The van der Waals surface area contributed by atoms with Crippen molar-refractivity contribution in [2.24, 2.45) is 0 Å². The van der Waals surface area contributed by atoms with Crippen molar-refractivity contribution in [1.82, 2.24) is 19.6 Å². The molecule has 1 amide bonds. The standard InChI is InChI=1S/C15H15F5N4O3S/c16-14(17)24-7-6-21-12(24)4-5-22-13(25)9-23-28(26,27)11-3-1-2-10(8-11)15(18,19)20/h1-3,6-8,14,23H,4-5,9H2,(H,22,25). The number of carbonyl (C=O) groups is 1. The molecule has 0 atom stereocenters. The molecule has 0 aliphatic carbocycles. The summed E-state index contributed by atoms with van der Waals surface area (Å²) in [6.07, 6.45) is -2.49. The van der Waals surface area contributed by atoms with Gasteiger partial charge < -0.3 is 5.32 Å². The molecule has 0 bridgehead atoms. The van der Waals surface area contributed by atoms with Crippen LogP contribution in [-0.2, 0) is 27.4 Å². The van der Waals surface area contributed by atoms with Gasteiger partial charge in [-0.25, -0.2) is 18.1 Å². The molecule has 2 N–H and O–H groups in total. The summed E-state index contributed by atoms with van der Waals surface area (Å²) in [6.45, 7) is -3.61. The SMILES string of the molecule is O=C(CNS(=O)(=O)c1cccc(C(F)(F)F)c1)NCCc1nccn1C(F)F. The number of nitrogens with zero attached hydrogens (tertiary/aromatic N) is 2. The molecule has 0 saturated heterocycles. The van der Waals surface area contributed by atoms with Crippen LogP contribution in [0.15, 0.2) is 41.6 Å². The molecule has 0 spiro atoms. The second-order valence-corrected chi connectivity index (χ2v) is 7.25. The van der Waals surface area contributed by atoms with Gasteiger partial charge in [0.25, 0.3) is 0 Å². The Bertz CT molecular complexity index is 928. The maximum atomic E-state index is 12.7. The molecule has 1 heterocycles. The summed E-state index contributed by atoms with van der Waals surface area (Å²) in [7, 11) is -4.35. The van der Waals surface area contributed by atoms with Crippen molar-refractivity contribution < 1.29 is 35.2 Å². The summed E-state index contributed by atoms with van der Waals surface area (Å²) in [5.41, 5.74) is -1.14. The van der Waals surface area contributed by atoms with E-state index >= 15 is 0 Å². The summed E-state index contributed by atoms with van der Waals surface area (Å²) in [5.74, 6) is -0.759. The van der Waals surface area contributed by atoms with E-state index in [1.807, 2.05) is 4.72 Å². The quantitative estimate of drug-likeness (QED) is 0.631. The Labute approximate surface area is 156 Å². The molecule has 2 aromatic rings. The number of nitrogens with one attached hydrogen (secondary N) is 2. The van der Waals surface area contributed by atoms with Gasteiger partial charge in [-0.3, -0.25) is 9.36 Å². The van der Waals surface area contributed by atoms with E-state index in [1.165, 1.54) is 6.20 Å². The van der Waals surface area contributed by atoms with Crippen LogP contribution in [0.1, 0.15) is 17.9 Å². The Hall–Kier alpha value is -2.54. The summed E-state index contributed by atoms with van der Waals surface area (Å²) < 4.78 is 89.9. The number of sulfonamides is 1. The number of rotatable bonds is 8. The molecular weight excluding hydrogens is 411 g/mol. The highest BCUT2D eigenvalue weighted by molar-refractivity contribution is 7.89. The van der Waals surface area contributed by atoms with Crippen LogP contribution in [0.2, 0.25) is 0 Å². The van der Waals surface area contributed by atoms with E-state index in [2.05, 4.69) is 10.3 Å². The molecule has 0 unspecified atom stereocenters. The second kappa shape index (κ2) is 8.65. The van der Waals surface area contributed by atoms with Crippen LogP contribution < -0.4 is 10.0 Å². The maximum absolute atomic E-state index is 12.7. The molecular formula is C15H15F5N4O3S. The minimum Gasteiger partial charge on any atom is -0.355 e. The Kier molecular flexibility index (Phi) is 6.72. The molecule has 154 valence electrons. The summed E-state index contributed by atoms with van der Waals surface area (Å²) in [5, 5.41) is 2.30. The molecule has 2 rings (SSSR count). The van der Waals surface area contributed by atoms with Gasteiger partial charge in [-0.2, -0.15) is 22.0 Å². The normalized spacial score (nSPS) is 12.4. The van der Waals surface area contributed by atoms with E-state index in [-0.39, 0.29) is 18.8 Å². The van der Waals surface area contributed by atoms with Crippen LogP contribution in [0.4, 0.5) is 22.0 Å². The van der Waals surface area contributed by atoms with Gasteiger partial charge in [-0.15, -0.1) is 0 Å². The van der Waals surface area contributed by atoms with E-state index in [4.69, 9.17) is 0 Å². The molecule has 13 heteroatoms. The minimum absolute atomic E-state index is 0.0243. The average Bonchev–Trinajstić information content (AvgIpc) is 3.08. The van der Waals surface area contributed by atoms with Gasteiger partial charge in [-0.1, -0.05) is 6.07 Å². The van der Waals surface area contributed by atoms with Gasteiger partial charge >= 0.3 is 12.7 Å². The Morgan fingerprint density at radius 2 is 1.96 bits per heavy atom. The van der Waals surface area contributed by atoms with Crippen molar-refractivity contribution in [1.29, 1.82) is 0 Å². The lowest BCUT2D eigenvalue weighted by Gasteiger charge is -2.11. The molecule has 28 heavy (non-hydrogen) atoms. The average molecular weight is 426 g/mol. The highest BCUT2D eigenvalue weighted by Gasteiger charge is 2.31. The highest BCUT2D eigenvalue weighted by Crippen LogP contribution is 2.30. The predicted octanol–water partition coefficient (Wildman–Crippen LogP) is 1.93. The van der Waals surface area contributed by atoms with Crippen LogP contribution in [0.5, 0.6) is 0 Å². The molecule has 0 radical (unpaired) electrons. The fraction of sp³-hybridized carbons (Fsp3) is 0.333. The van der Waals surface area contributed by atoms with Gasteiger partial charge in [0, 0.05) is 25.4 Å². The number of halogens is 5. The summed E-state index contributed by atoms with van der Waals surface area (Å²) in [4.78, 5) is 14.8. The third-order valence-corrected chi connectivity index (χ3v) is 4.92. The van der Waals surface area contributed by atoms with E-state index in [0.717, 1.165) is 24.4 Å². The number of hydrogen-bond acceptors (Lipinski definition) is 4. The molecule has 0 aliphatic heterocycles. The third-order valence-electron chi connectivity index (χ3n) is 3.52. The zero-order valence-corrected chi connectivity index (χ0v) is 14.9. The topological polar surface area (TPSA) is 93.1 Å². The molecule has 7 nitrogen and oxygen atoms in total. The van der Waals surface area contributed by atoms with Crippen LogP contribution in [0, 0.1) is 0 Å². The smallest absolute Gasteiger partial charge is 0.355 e. The van der Waals surface area contributed by atoms with Crippen molar-refractivity contribution in [3.05, 3.63) is 48.0 Å². The second-order valence-electron chi connectivity index (χ2n) is 5.48. The first-order valence-corrected chi connectivity index (χ1v) is 9.22. The Balaban J connectivity index is 1.89. The third kappa shape index (κ3) is 5.73. The fourth-order valence-electron chi connectivity index (χ4n) is 2.17. The van der Waals surface area contributed by atoms with E-state index < -0.39 is 45.7 Å². The summed E-state index contributed by atoms with van der Waals surface area (Å²) in [6, 6.07) is 3.06. The monoisotopic (exact) mass is 426 g/mol. The van der Waals surface area contributed by atoms with Gasteiger partial charge in [0.15, 0.2) is 0 Å². The van der Waals surface area contributed by atoms with Crippen molar-refractivity contribution in [2.45, 2.75) is 24.0 Å². The van der Waals surface area contributed by atoms with Crippen molar-refractivity contribution >= 4 is 15.9 Å². The first-order chi connectivity index (χ1) is 13.0. The zero-order chi connectivity index (χ0) is 20.9. The lowest BCUT2D eigenvalue weighted by Crippen LogP contribution is -2.37. The fourth-order valence-corrected chi connectivity index (χ4v) is 3.20. The lowest BCUT2D eigenvalue weighted by atomic mass is 10.2. The van der Waals surface area contributed by atoms with Gasteiger partial charge in [0.1, 0.15) is 5.82 Å². The van der Waals surface area contributed by atoms with Gasteiger partial charge in [0.2, 0.25) is 15.9 Å². The van der Waals surface area contributed by atoms with Crippen molar-refractivity contribution in [3.63, 3.8) is 0 Å². The minimum atomic E-state index is -4.72. The largest absolute Gasteiger partial charge is 0.416 e. The Morgan fingerprint density at radius 1 is 1.25 bits per heavy atom. The highest BCUT2D eigenvalue weighted by atomic mass is 32.2. The van der Waals surface area contributed by atoms with Crippen molar-refractivity contribution in [2.75, 3.05) is 13.1 Å². The van der Waals surface area contributed by atoms with Crippen LogP contribution in [-0.4, -0.2) is 37.0 Å². The number of hydrogen-bond donors (Lipinski definition) is 2. The zero-order valence-electron chi connectivity index (χ0n) is 14.1. The molecule has 1 aromatic heterocycles. The van der Waals surface area contributed by atoms with E-state index in [1.54, 1.807) is 0 Å². The number of carbonyl (C=O) groups excluding carboxylic acids is 1.